The number of rotatable bonds is 3. The summed E-state index contributed by atoms with van der Waals surface area (Å²) in [5.41, 5.74) is 5.11. The van der Waals surface area contributed by atoms with Gasteiger partial charge in [-0.3, -0.25) is 4.79 Å². The third-order valence-corrected chi connectivity index (χ3v) is 3.78. The van der Waals surface area contributed by atoms with Crippen molar-refractivity contribution in [2.75, 3.05) is 11.1 Å². The molecule has 0 aliphatic rings. The molecule has 0 bridgehead atoms. The minimum absolute atomic E-state index is 0.0429. The molecule has 2 aromatic carbocycles. The Morgan fingerprint density at radius 3 is 2.50 bits per heavy atom. The number of nitrogens with two attached hydrogens (primary N) is 1. The van der Waals surface area contributed by atoms with Crippen LogP contribution in [0.2, 0.25) is 5.02 Å². The molecule has 0 spiro atoms. The van der Waals surface area contributed by atoms with Crippen LogP contribution in [-0.4, -0.2) is 20.9 Å². The number of nitrogens with one attached hydrogen (secondary N) is 1. The molecule has 0 aliphatic heterocycles. The average Bonchev–Trinajstić information content (AvgIpc) is 2.98. The highest BCUT2D eigenvalue weighted by Crippen LogP contribution is 2.36. The van der Waals surface area contributed by atoms with Crippen LogP contribution in [-0.2, 0) is 6.18 Å². The van der Waals surface area contributed by atoms with Gasteiger partial charge in [0, 0.05) is 5.69 Å². The van der Waals surface area contributed by atoms with Gasteiger partial charge < -0.3 is 11.1 Å². The number of halogens is 4. The van der Waals surface area contributed by atoms with Crippen LogP contribution in [0.3, 0.4) is 0 Å². The smallest absolute Gasteiger partial charge is 0.382 e. The van der Waals surface area contributed by atoms with Crippen LogP contribution in [0.15, 0.2) is 48.5 Å². The van der Waals surface area contributed by atoms with Gasteiger partial charge >= 0.3 is 6.18 Å². The van der Waals surface area contributed by atoms with Crippen LogP contribution in [0.4, 0.5) is 24.7 Å². The van der Waals surface area contributed by atoms with Crippen LogP contribution in [0, 0.1) is 0 Å². The summed E-state index contributed by atoms with van der Waals surface area (Å²) in [5, 5.41) is 9.35. The van der Waals surface area contributed by atoms with Crippen LogP contribution in [0.1, 0.15) is 16.1 Å². The first-order chi connectivity index (χ1) is 12.3. The number of para-hydroxylation sites is 1. The summed E-state index contributed by atoms with van der Waals surface area (Å²) in [6.45, 7) is 0. The van der Waals surface area contributed by atoms with Crippen molar-refractivity contribution in [3.63, 3.8) is 0 Å². The SMILES string of the molecule is Nc1c(C(=O)Nc2ccc(Cl)c(C(F)(F)F)c2)nnn1-c1ccccc1. The lowest BCUT2D eigenvalue weighted by Gasteiger charge is -2.11. The monoisotopic (exact) mass is 381 g/mol. The number of hydrogen-bond donors (Lipinski definition) is 2. The van der Waals surface area contributed by atoms with Gasteiger partial charge in [-0.05, 0) is 30.3 Å². The van der Waals surface area contributed by atoms with Crippen molar-refractivity contribution in [2.24, 2.45) is 0 Å². The Morgan fingerprint density at radius 1 is 1.15 bits per heavy atom. The van der Waals surface area contributed by atoms with Crippen molar-refractivity contribution in [3.8, 4) is 5.69 Å². The number of aromatic nitrogens is 3. The summed E-state index contributed by atoms with van der Waals surface area (Å²) >= 11 is 5.55. The first-order valence-electron chi connectivity index (χ1n) is 7.22. The van der Waals surface area contributed by atoms with Crippen molar-refractivity contribution < 1.29 is 18.0 Å². The average molecular weight is 382 g/mol. The summed E-state index contributed by atoms with van der Waals surface area (Å²) < 4.78 is 40.0. The second-order valence-corrected chi connectivity index (χ2v) is 5.62. The van der Waals surface area contributed by atoms with Crippen molar-refractivity contribution >= 4 is 29.0 Å². The molecule has 1 heterocycles. The molecule has 0 aliphatic carbocycles. The number of nitrogen functional groups attached to an aromatic ring is 1. The Kier molecular flexibility index (Phi) is 4.56. The Hall–Kier alpha value is -3.07. The number of anilines is 2. The topological polar surface area (TPSA) is 85.8 Å². The number of carbonyl (C=O) groups is 1. The maximum Gasteiger partial charge on any atom is 0.417 e. The van der Waals surface area contributed by atoms with E-state index < -0.39 is 22.7 Å². The number of hydrogen-bond acceptors (Lipinski definition) is 4. The van der Waals surface area contributed by atoms with E-state index >= 15 is 0 Å². The summed E-state index contributed by atoms with van der Waals surface area (Å²) in [7, 11) is 0. The summed E-state index contributed by atoms with van der Waals surface area (Å²) in [4.78, 5) is 12.3. The number of nitrogens with zero attached hydrogens (tertiary/aromatic N) is 3. The van der Waals surface area contributed by atoms with Gasteiger partial charge in [0.05, 0.1) is 16.3 Å². The van der Waals surface area contributed by atoms with E-state index in [1.54, 1.807) is 30.3 Å². The molecule has 3 rings (SSSR count). The van der Waals surface area contributed by atoms with Gasteiger partial charge in [0.25, 0.3) is 5.91 Å². The molecule has 1 aromatic heterocycles. The summed E-state index contributed by atoms with van der Waals surface area (Å²) in [5.74, 6) is -0.834. The third kappa shape index (κ3) is 3.47. The molecule has 0 atom stereocenters. The Bertz CT molecular complexity index is 956. The van der Waals surface area contributed by atoms with Crippen LogP contribution in [0.5, 0.6) is 0 Å². The third-order valence-electron chi connectivity index (χ3n) is 3.45. The fourth-order valence-corrected chi connectivity index (χ4v) is 2.45. The highest BCUT2D eigenvalue weighted by Gasteiger charge is 2.33. The van der Waals surface area contributed by atoms with Gasteiger partial charge in [-0.1, -0.05) is 35.0 Å². The fraction of sp³-hybridized carbons (Fsp3) is 0.0625. The minimum atomic E-state index is -4.65. The Morgan fingerprint density at radius 2 is 1.85 bits per heavy atom. The molecule has 3 N–H and O–H groups in total. The minimum Gasteiger partial charge on any atom is -0.382 e. The molecule has 26 heavy (non-hydrogen) atoms. The van der Waals surface area contributed by atoms with Crippen molar-refractivity contribution in [3.05, 3.63) is 64.8 Å². The van der Waals surface area contributed by atoms with Crippen molar-refractivity contribution in [1.82, 2.24) is 15.0 Å². The molecule has 0 radical (unpaired) electrons. The molecule has 3 aromatic rings. The lowest BCUT2D eigenvalue weighted by Crippen LogP contribution is -2.16. The molecule has 134 valence electrons. The standard InChI is InChI=1S/C16H11ClF3N5O/c17-12-7-6-9(8-11(12)16(18,19)20)22-15(26)13-14(21)25(24-23-13)10-4-2-1-3-5-10/h1-8H,21H2,(H,22,26). The number of alkyl halides is 3. The molecular formula is C16H11ClF3N5O. The second kappa shape index (κ2) is 6.68. The van der Waals surface area contributed by atoms with E-state index in [0.717, 1.165) is 12.1 Å². The highest BCUT2D eigenvalue weighted by atomic mass is 35.5. The van der Waals surface area contributed by atoms with Crippen LogP contribution < -0.4 is 11.1 Å². The van der Waals surface area contributed by atoms with Gasteiger partial charge in [0.15, 0.2) is 11.5 Å². The number of amides is 1. The van der Waals surface area contributed by atoms with E-state index in [9.17, 15) is 18.0 Å². The Labute approximate surface area is 150 Å². The van der Waals surface area contributed by atoms with E-state index in [-0.39, 0.29) is 17.2 Å². The summed E-state index contributed by atoms with van der Waals surface area (Å²) in [6, 6.07) is 11.7. The van der Waals surface area contributed by atoms with E-state index in [0.29, 0.717) is 5.69 Å². The van der Waals surface area contributed by atoms with Gasteiger partial charge in [0.2, 0.25) is 0 Å². The van der Waals surface area contributed by atoms with Crippen molar-refractivity contribution in [2.45, 2.75) is 6.18 Å². The second-order valence-electron chi connectivity index (χ2n) is 5.22. The maximum atomic E-state index is 12.9. The molecule has 0 fully saturated rings. The predicted octanol–water partition coefficient (Wildman–Crippen LogP) is 3.77. The maximum absolute atomic E-state index is 12.9. The molecular weight excluding hydrogens is 371 g/mol. The first-order valence-corrected chi connectivity index (χ1v) is 7.60. The lowest BCUT2D eigenvalue weighted by atomic mass is 10.2. The largest absolute Gasteiger partial charge is 0.417 e. The number of carbonyl (C=O) groups excluding carboxylic acids is 1. The lowest BCUT2D eigenvalue weighted by molar-refractivity contribution is -0.137. The van der Waals surface area contributed by atoms with Crippen molar-refractivity contribution in [1.29, 1.82) is 0 Å². The quantitative estimate of drug-likeness (QED) is 0.723. The molecule has 6 nitrogen and oxygen atoms in total. The van der Waals surface area contributed by atoms with Crippen LogP contribution >= 0.6 is 11.6 Å². The van der Waals surface area contributed by atoms with Gasteiger partial charge in [-0.15, -0.1) is 5.10 Å². The predicted molar refractivity (Wildman–Crippen MR) is 90.2 cm³/mol. The molecule has 0 saturated heterocycles. The summed E-state index contributed by atoms with van der Waals surface area (Å²) in [6.07, 6.45) is -4.65. The zero-order valence-electron chi connectivity index (χ0n) is 13.0. The molecule has 1 amide bonds. The van der Waals surface area contributed by atoms with Gasteiger partial charge in [-0.25, -0.2) is 0 Å². The molecule has 0 saturated carbocycles. The van der Waals surface area contributed by atoms with Gasteiger partial charge in [0.1, 0.15) is 0 Å². The normalized spacial score (nSPS) is 11.4. The number of benzene rings is 2. The zero-order valence-corrected chi connectivity index (χ0v) is 13.7. The van der Waals surface area contributed by atoms with Crippen LogP contribution in [0.25, 0.3) is 5.69 Å². The first kappa shape index (κ1) is 17.7. The molecule has 10 heteroatoms. The Balaban J connectivity index is 1.87. The molecule has 0 unspecified atom stereocenters. The highest BCUT2D eigenvalue weighted by molar-refractivity contribution is 6.31. The van der Waals surface area contributed by atoms with E-state index in [2.05, 4.69) is 15.6 Å². The van der Waals surface area contributed by atoms with E-state index in [1.807, 2.05) is 0 Å². The van der Waals surface area contributed by atoms with E-state index in [1.165, 1.54) is 10.7 Å². The fourth-order valence-electron chi connectivity index (χ4n) is 2.22. The van der Waals surface area contributed by atoms with Gasteiger partial charge in [-0.2, -0.15) is 17.9 Å². The zero-order chi connectivity index (χ0) is 18.9. The van der Waals surface area contributed by atoms with E-state index in [4.69, 9.17) is 17.3 Å².